The lowest BCUT2D eigenvalue weighted by Crippen LogP contribution is -2.65. The van der Waals surface area contributed by atoms with Crippen molar-refractivity contribution >= 4 is 28.4 Å². The molecular formula is C28H31N3O5. The lowest BCUT2D eigenvalue weighted by Gasteiger charge is -2.45. The molecule has 1 aromatic heterocycles. The smallest absolute Gasteiger partial charge is 0.275 e. The molecule has 0 unspecified atom stereocenters. The van der Waals surface area contributed by atoms with E-state index in [4.69, 9.17) is 14.2 Å². The van der Waals surface area contributed by atoms with Crippen molar-refractivity contribution in [2.45, 2.75) is 57.2 Å². The van der Waals surface area contributed by atoms with Gasteiger partial charge in [0.1, 0.15) is 30.2 Å². The van der Waals surface area contributed by atoms with Gasteiger partial charge in [-0.1, -0.05) is 19.3 Å². The van der Waals surface area contributed by atoms with E-state index >= 15 is 0 Å². The average Bonchev–Trinajstić information content (AvgIpc) is 3.27. The lowest BCUT2D eigenvalue weighted by molar-refractivity contribution is -0.127. The Hall–Kier alpha value is -3.68. The summed E-state index contributed by atoms with van der Waals surface area (Å²) in [6.45, 7) is 3.10. The summed E-state index contributed by atoms with van der Waals surface area (Å²) in [7, 11) is 1.62. The number of carbonyl (C=O) groups is 2. The minimum Gasteiger partial charge on any atom is -0.497 e. The first-order valence-electron chi connectivity index (χ1n) is 12.7. The van der Waals surface area contributed by atoms with Crippen LogP contribution >= 0.6 is 0 Å². The molecule has 0 bridgehead atoms. The third-order valence-electron chi connectivity index (χ3n) is 7.71. The van der Waals surface area contributed by atoms with Crippen molar-refractivity contribution in [3.8, 4) is 17.2 Å². The Morgan fingerprint density at radius 3 is 2.58 bits per heavy atom. The van der Waals surface area contributed by atoms with E-state index in [0.29, 0.717) is 48.4 Å². The minimum atomic E-state index is -1.15. The van der Waals surface area contributed by atoms with Gasteiger partial charge >= 0.3 is 0 Å². The molecule has 2 aliphatic heterocycles. The highest BCUT2D eigenvalue weighted by Gasteiger charge is 2.49. The Morgan fingerprint density at radius 1 is 1.03 bits per heavy atom. The Balaban J connectivity index is 1.46. The van der Waals surface area contributed by atoms with Crippen LogP contribution < -0.4 is 24.4 Å². The summed E-state index contributed by atoms with van der Waals surface area (Å²) < 4.78 is 18.9. The SMILES string of the molecule is COc1ccc2cc3n(c2c1)C[C@@](C)(C(=O)NC1CCCCC1)N(c1ccc2c(c1)OCCO2)C3=O. The zero-order valence-electron chi connectivity index (χ0n) is 20.7. The maximum atomic E-state index is 14.1. The first-order valence-corrected chi connectivity index (χ1v) is 12.7. The van der Waals surface area contributed by atoms with Crippen molar-refractivity contribution < 1.29 is 23.8 Å². The van der Waals surface area contributed by atoms with Crippen LogP contribution in [0.3, 0.4) is 0 Å². The molecule has 3 heterocycles. The van der Waals surface area contributed by atoms with Crippen LogP contribution in [-0.4, -0.2) is 48.3 Å². The van der Waals surface area contributed by atoms with Gasteiger partial charge in [-0.2, -0.15) is 0 Å². The number of rotatable bonds is 4. The second-order valence-corrected chi connectivity index (χ2v) is 10.1. The molecule has 1 fully saturated rings. The lowest BCUT2D eigenvalue weighted by atomic mass is 9.91. The van der Waals surface area contributed by atoms with Gasteiger partial charge in [0.25, 0.3) is 5.91 Å². The molecule has 6 rings (SSSR count). The highest BCUT2D eigenvalue weighted by molar-refractivity contribution is 6.14. The first-order chi connectivity index (χ1) is 17.5. The van der Waals surface area contributed by atoms with Gasteiger partial charge in [0.05, 0.1) is 19.2 Å². The van der Waals surface area contributed by atoms with Gasteiger partial charge in [0.15, 0.2) is 11.5 Å². The number of amides is 2. The minimum absolute atomic E-state index is 0.128. The van der Waals surface area contributed by atoms with Gasteiger partial charge in [-0.3, -0.25) is 14.5 Å². The van der Waals surface area contributed by atoms with Gasteiger partial charge in [-0.25, -0.2) is 0 Å². The van der Waals surface area contributed by atoms with Crippen LogP contribution in [0.2, 0.25) is 0 Å². The standard InChI is InChI=1S/C28H31N3O5/c1-28(27(33)29-19-6-4-3-5-7-19)17-30-22-16-21(34-2)10-8-18(22)14-23(30)26(32)31(28)20-9-11-24-25(15-20)36-13-12-35-24/h8-11,14-16,19H,3-7,12-13,17H2,1-2H3,(H,29,33)/t28-/m0/s1. The fourth-order valence-corrected chi connectivity index (χ4v) is 5.76. The zero-order chi connectivity index (χ0) is 24.9. The van der Waals surface area contributed by atoms with E-state index in [1.807, 2.05) is 47.9 Å². The quantitative estimate of drug-likeness (QED) is 0.591. The molecule has 1 atom stereocenters. The van der Waals surface area contributed by atoms with Crippen LogP contribution in [0.5, 0.6) is 17.2 Å². The number of ether oxygens (including phenoxy) is 3. The summed E-state index contributed by atoms with van der Waals surface area (Å²) in [4.78, 5) is 29.8. The number of methoxy groups -OCH3 is 1. The predicted octanol–water partition coefficient (Wildman–Crippen LogP) is 4.29. The molecule has 1 saturated carbocycles. The van der Waals surface area contributed by atoms with Crippen LogP contribution in [0.15, 0.2) is 42.5 Å². The number of carbonyl (C=O) groups excluding carboxylic acids is 2. The van der Waals surface area contributed by atoms with Crippen molar-refractivity contribution in [1.29, 1.82) is 0 Å². The van der Waals surface area contributed by atoms with Crippen LogP contribution in [0, 0.1) is 0 Å². The van der Waals surface area contributed by atoms with E-state index < -0.39 is 5.54 Å². The van der Waals surface area contributed by atoms with Crippen LogP contribution in [0.25, 0.3) is 10.9 Å². The molecule has 8 heteroatoms. The van der Waals surface area contributed by atoms with E-state index in [0.717, 1.165) is 36.6 Å². The van der Waals surface area contributed by atoms with E-state index in [2.05, 4.69) is 5.32 Å². The zero-order valence-corrected chi connectivity index (χ0v) is 20.7. The number of aromatic nitrogens is 1. The van der Waals surface area contributed by atoms with Gasteiger partial charge in [0, 0.05) is 29.2 Å². The molecule has 2 amide bonds. The number of benzene rings is 2. The van der Waals surface area contributed by atoms with Crippen molar-refractivity contribution in [2.75, 3.05) is 25.2 Å². The fourth-order valence-electron chi connectivity index (χ4n) is 5.76. The molecule has 0 saturated heterocycles. The van der Waals surface area contributed by atoms with E-state index in [1.165, 1.54) is 6.42 Å². The largest absolute Gasteiger partial charge is 0.497 e. The molecular weight excluding hydrogens is 458 g/mol. The van der Waals surface area contributed by atoms with Crippen LogP contribution in [-0.2, 0) is 11.3 Å². The highest BCUT2D eigenvalue weighted by atomic mass is 16.6. The number of nitrogens with one attached hydrogen (secondary N) is 1. The van der Waals surface area contributed by atoms with Crippen LogP contribution in [0.4, 0.5) is 5.69 Å². The Bertz CT molecular complexity index is 1340. The third kappa shape index (κ3) is 3.67. The molecule has 1 N–H and O–H groups in total. The summed E-state index contributed by atoms with van der Waals surface area (Å²) in [5.74, 6) is 1.56. The topological polar surface area (TPSA) is 82.0 Å². The molecule has 0 spiro atoms. The number of nitrogens with zero attached hydrogens (tertiary/aromatic N) is 2. The Morgan fingerprint density at radius 2 is 1.81 bits per heavy atom. The molecule has 188 valence electrons. The van der Waals surface area contributed by atoms with Gasteiger partial charge in [-0.15, -0.1) is 0 Å². The molecule has 8 nitrogen and oxygen atoms in total. The number of anilines is 1. The van der Waals surface area contributed by atoms with E-state index in [1.54, 1.807) is 18.1 Å². The summed E-state index contributed by atoms with van der Waals surface area (Å²) in [6, 6.07) is 13.2. The summed E-state index contributed by atoms with van der Waals surface area (Å²) in [5, 5.41) is 4.21. The summed E-state index contributed by atoms with van der Waals surface area (Å²) in [5.41, 5.74) is 0.868. The predicted molar refractivity (Wildman–Crippen MR) is 136 cm³/mol. The van der Waals surface area contributed by atoms with Crippen LogP contribution in [0.1, 0.15) is 49.5 Å². The number of hydrogen-bond donors (Lipinski definition) is 1. The van der Waals surface area contributed by atoms with Gasteiger partial charge in [-0.05, 0) is 50.1 Å². The molecule has 1 aliphatic carbocycles. The molecule has 0 radical (unpaired) electrons. The van der Waals surface area contributed by atoms with E-state index in [-0.39, 0.29) is 17.9 Å². The molecule has 2 aromatic carbocycles. The maximum Gasteiger partial charge on any atom is 0.275 e. The van der Waals surface area contributed by atoms with Crippen molar-refractivity contribution in [1.82, 2.24) is 9.88 Å². The average molecular weight is 490 g/mol. The second kappa shape index (κ2) is 8.76. The van der Waals surface area contributed by atoms with Crippen molar-refractivity contribution in [2.24, 2.45) is 0 Å². The van der Waals surface area contributed by atoms with Gasteiger partial charge in [0.2, 0.25) is 5.91 Å². The summed E-state index contributed by atoms with van der Waals surface area (Å²) in [6.07, 6.45) is 5.35. The molecule has 36 heavy (non-hydrogen) atoms. The normalized spacial score (nSPS) is 21.8. The number of hydrogen-bond acceptors (Lipinski definition) is 5. The summed E-state index contributed by atoms with van der Waals surface area (Å²) >= 11 is 0. The fraction of sp³-hybridized carbons (Fsp3) is 0.429. The molecule has 3 aromatic rings. The second-order valence-electron chi connectivity index (χ2n) is 10.1. The third-order valence-corrected chi connectivity index (χ3v) is 7.71. The monoisotopic (exact) mass is 489 g/mol. The Kier molecular flexibility index (Phi) is 5.54. The highest BCUT2D eigenvalue weighted by Crippen LogP contribution is 2.41. The molecule has 3 aliphatic rings. The van der Waals surface area contributed by atoms with Gasteiger partial charge < -0.3 is 24.1 Å². The van der Waals surface area contributed by atoms with E-state index in [9.17, 15) is 9.59 Å². The van der Waals surface area contributed by atoms with Crippen molar-refractivity contribution in [3.05, 3.63) is 48.2 Å². The van der Waals surface area contributed by atoms with Crippen molar-refractivity contribution in [3.63, 3.8) is 0 Å². The maximum absolute atomic E-state index is 14.1. The Labute approximate surface area is 210 Å². The first kappa shape index (κ1) is 22.8. The number of fused-ring (bicyclic) bond motifs is 4.